The molecule has 1 aromatic carbocycles. The summed E-state index contributed by atoms with van der Waals surface area (Å²) >= 11 is 3.11. The largest absolute Gasteiger partial charge is 0.369 e. The molecule has 0 radical (unpaired) electrons. The van der Waals surface area contributed by atoms with Crippen molar-refractivity contribution >= 4 is 29.0 Å². The Balaban J connectivity index is 2.22. The van der Waals surface area contributed by atoms with Gasteiger partial charge in [0.1, 0.15) is 5.01 Å². The fourth-order valence-corrected chi connectivity index (χ4v) is 3.36. The first-order valence-electron chi connectivity index (χ1n) is 5.11. The van der Waals surface area contributed by atoms with E-state index in [-0.39, 0.29) is 11.2 Å². The number of carbonyl (C=O) groups is 1. The number of amides is 1. The predicted molar refractivity (Wildman–Crippen MR) is 72.1 cm³/mol. The Labute approximate surface area is 108 Å². The Kier molecular flexibility index (Phi) is 4.17. The van der Waals surface area contributed by atoms with Gasteiger partial charge in [-0.1, -0.05) is 30.3 Å². The lowest BCUT2D eigenvalue weighted by Crippen LogP contribution is -2.14. The van der Waals surface area contributed by atoms with Gasteiger partial charge in [-0.15, -0.1) is 23.1 Å². The molecule has 2 aromatic rings. The van der Waals surface area contributed by atoms with Crippen molar-refractivity contribution in [3.63, 3.8) is 0 Å². The summed E-state index contributed by atoms with van der Waals surface area (Å²) in [5.41, 5.74) is 6.34. The minimum atomic E-state index is -0.299. The van der Waals surface area contributed by atoms with Gasteiger partial charge in [0.25, 0.3) is 0 Å². The van der Waals surface area contributed by atoms with Crippen molar-refractivity contribution in [2.75, 3.05) is 5.75 Å². The topological polar surface area (TPSA) is 56.0 Å². The first-order chi connectivity index (χ1) is 8.27. The molecule has 0 saturated carbocycles. The molecule has 3 nitrogen and oxygen atoms in total. The van der Waals surface area contributed by atoms with Crippen LogP contribution in [0.4, 0.5) is 0 Å². The van der Waals surface area contributed by atoms with Gasteiger partial charge < -0.3 is 5.73 Å². The van der Waals surface area contributed by atoms with Crippen molar-refractivity contribution in [2.45, 2.75) is 5.25 Å². The fourth-order valence-electron chi connectivity index (χ4n) is 1.47. The van der Waals surface area contributed by atoms with E-state index in [0.29, 0.717) is 5.75 Å². The zero-order valence-electron chi connectivity index (χ0n) is 9.08. The zero-order chi connectivity index (χ0) is 12.1. The number of aromatic nitrogens is 1. The maximum atomic E-state index is 10.9. The Morgan fingerprint density at radius 1 is 1.41 bits per heavy atom. The molecule has 1 amide bonds. The molecular weight excluding hydrogens is 252 g/mol. The van der Waals surface area contributed by atoms with Crippen LogP contribution in [0.1, 0.15) is 15.8 Å². The van der Waals surface area contributed by atoms with Gasteiger partial charge in [-0.05, 0) is 5.56 Å². The fraction of sp³-hybridized carbons (Fsp3) is 0.167. The van der Waals surface area contributed by atoms with Crippen LogP contribution in [-0.2, 0) is 4.79 Å². The summed E-state index contributed by atoms with van der Waals surface area (Å²) in [6.45, 7) is 0. The normalized spacial score (nSPS) is 12.2. The molecule has 17 heavy (non-hydrogen) atoms. The van der Waals surface area contributed by atoms with E-state index in [9.17, 15) is 4.79 Å². The molecule has 1 heterocycles. The van der Waals surface area contributed by atoms with E-state index in [0.717, 1.165) is 10.6 Å². The molecule has 0 bridgehead atoms. The number of thiazole rings is 1. The lowest BCUT2D eigenvalue weighted by Gasteiger charge is -2.13. The van der Waals surface area contributed by atoms with E-state index < -0.39 is 0 Å². The van der Waals surface area contributed by atoms with Crippen molar-refractivity contribution in [1.82, 2.24) is 4.98 Å². The number of carbonyl (C=O) groups excluding carboxylic acids is 1. The molecule has 0 spiro atoms. The maximum Gasteiger partial charge on any atom is 0.227 e. The van der Waals surface area contributed by atoms with E-state index in [2.05, 4.69) is 4.98 Å². The SMILES string of the molecule is NC(=O)CSC(c1ccccc1)c1nccs1. The van der Waals surface area contributed by atoms with Gasteiger partial charge in [0.05, 0.1) is 11.0 Å². The second kappa shape index (κ2) is 5.84. The van der Waals surface area contributed by atoms with E-state index in [1.165, 1.54) is 11.8 Å². The number of nitrogens with zero attached hydrogens (tertiary/aromatic N) is 1. The third kappa shape index (κ3) is 3.31. The molecule has 0 aliphatic heterocycles. The van der Waals surface area contributed by atoms with Crippen LogP contribution in [0, 0.1) is 0 Å². The van der Waals surface area contributed by atoms with Crippen LogP contribution in [0.5, 0.6) is 0 Å². The van der Waals surface area contributed by atoms with Crippen molar-refractivity contribution in [3.8, 4) is 0 Å². The molecule has 2 rings (SSSR count). The average molecular weight is 264 g/mol. The van der Waals surface area contributed by atoms with Crippen molar-refractivity contribution in [1.29, 1.82) is 0 Å². The first-order valence-corrected chi connectivity index (χ1v) is 7.04. The number of hydrogen-bond acceptors (Lipinski definition) is 4. The molecule has 1 atom stereocenters. The summed E-state index contributed by atoms with van der Waals surface area (Å²) in [6, 6.07) is 10.0. The number of primary amides is 1. The summed E-state index contributed by atoms with van der Waals surface area (Å²) in [6.07, 6.45) is 1.78. The third-order valence-electron chi connectivity index (χ3n) is 2.17. The van der Waals surface area contributed by atoms with Crippen LogP contribution in [-0.4, -0.2) is 16.6 Å². The van der Waals surface area contributed by atoms with Crippen LogP contribution in [0.15, 0.2) is 41.9 Å². The summed E-state index contributed by atoms with van der Waals surface area (Å²) in [5, 5.41) is 3.03. The molecule has 0 aliphatic carbocycles. The lowest BCUT2D eigenvalue weighted by atomic mass is 10.1. The highest BCUT2D eigenvalue weighted by Crippen LogP contribution is 2.36. The van der Waals surface area contributed by atoms with E-state index in [4.69, 9.17) is 5.73 Å². The highest BCUT2D eigenvalue weighted by molar-refractivity contribution is 8.00. The van der Waals surface area contributed by atoms with Gasteiger partial charge in [-0.25, -0.2) is 4.98 Å². The monoisotopic (exact) mass is 264 g/mol. The Bertz CT molecular complexity index is 471. The molecule has 2 N–H and O–H groups in total. The predicted octanol–water partition coefficient (Wildman–Crippen LogP) is 2.45. The third-order valence-corrected chi connectivity index (χ3v) is 4.44. The number of nitrogens with two attached hydrogens (primary N) is 1. The summed E-state index contributed by atoms with van der Waals surface area (Å²) < 4.78 is 0. The molecule has 5 heteroatoms. The van der Waals surface area contributed by atoms with Gasteiger partial charge in [0.15, 0.2) is 0 Å². The van der Waals surface area contributed by atoms with E-state index in [1.54, 1.807) is 17.5 Å². The van der Waals surface area contributed by atoms with Crippen LogP contribution >= 0.6 is 23.1 Å². The van der Waals surface area contributed by atoms with Crippen LogP contribution < -0.4 is 5.73 Å². The first kappa shape index (κ1) is 12.1. The molecule has 88 valence electrons. The highest BCUT2D eigenvalue weighted by atomic mass is 32.2. The zero-order valence-corrected chi connectivity index (χ0v) is 10.7. The van der Waals surface area contributed by atoms with Gasteiger partial charge in [-0.2, -0.15) is 0 Å². The average Bonchev–Trinajstić information content (AvgIpc) is 2.84. The smallest absolute Gasteiger partial charge is 0.227 e. The Hall–Kier alpha value is -1.33. The van der Waals surface area contributed by atoms with Crippen LogP contribution in [0.2, 0.25) is 0 Å². The number of thioether (sulfide) groups is 1. The highest BCUT2D eigenvalue weighted by Gasteiger charge is 2.17. The van der Waals surface area contributed by atoms with Gasteiger partial charge in [-0.3, -0.25) is 4.79 Å². The number of hydrogen-bond donors (Lipinski definition) is 1. The minimum Gasteiger partial charge on any atom is -0.369 e. The second-order valence-electron chi connectivity index (χ2n) is 3.44. The molecule has 0 saturated heterocycles. The molecular formula is C12H12N2OS2. The van der Waals surface area contributed by atoms with Gasteiger partial charge >= 0.3 is 0 Å². The molecule has 0 fully saturated rings. The summed E-state index contributed by atoms with van der Waals surface area (Å²) in [5.74, 6) is 0.00608. The molecule has 1 aromatic heterocycles. The second-order valence-corrected chi connectivity index (χ2v) is 5.46. The van der Waals surface area contributed by atoms with Crippen molar-refractivity contribution < 1.29 is 4.79 Å². The maximum absolute atomic E-state index is 10.9. The van der Waals surface area contributed by atoms with Gasteiger partial charge in [0.2, 0.25) is 5.91 Å². The van der Waals surface area contributed by atoms with E-state index in [1.807, 2.05) is 35.7 Å². The lowest BCUT2D eigenvalue weighted by molar-refractivity contribution is -0.115. The molecule has 1 unspecified atom stereocenters. The summed E-state index contributed by atoms with van der Waals surface area (Å²) in [7, 11) is 0. The Morgan fingerprint density at radius 3 is 2.76 bits per heavy atom. The quantitative estimate of drug-likeness (QED) is 0.902. The van der Waals surface area contributed by atoms with Gasteiger partial charge in [0, 0.05) is 11.6 Å². The van der Waals surface area contributed by atoms with Crippen LogP contribution in [0.3, 0.4) is 0 Å². The van der Waals surface area contributed by atoms with Crippen LogP contribution in [0.25, 0.3) is 0 Å². The Morgan fingerprint density at radius 2 is 2.18 bits per heavy atom. The summed E-state index contributed by atoms with van der Waals surface area (Å²) in [4.78, 5) is 15.2. The van der Waals surface area contributed by atoms with E-state index >= 15 is 0 Å². The number of benzene rings is 1. The van der Waals surface area contributed by atoms with Crippen molar-refractivity contribution in [3.05, 3.63) is 52.5 Å². The molecule has 0 aliphatic rings. The van der Waals surface area contributed by atoms with Crippen molar-refractivity contribution in [2.24, 2.45) is 5.73 Å². The number of rotatable bonds is 5. The standard InChI is InChI=1S/C12H12N2OS2/c13-10(15)8-17-11(12-14-6-7-16-12)9-4-2-1-3-5-9/h1-7,11H,8H2,(H2,13,15). The minimum absolute atomic E-state index is 0.0868.